The van der Waals surface area contributed by atoms with Gasteiger partial charge in [0, 0.05) is 5.56 Å². The second-order valence-corrected chi connectivity index (χ2v) is 4.60. The zero-order valence-electron chi connectivity index (χ0n) is 10.8. The van der Waals surface area contributed by atoms with Crippen LogP contribution in [0.25, 0.3) is 0 Å². The second kappa shape index (κ2) is 5.32. The predicted molar refractivity (Wildman–Crippen MR) is 73.0 cm³/mol. The van der Waals surface area contributed by atoms with Crippen molar-refractivity contribution in [2.45, 2.75) is 26.3 Å². The molecule has 0 saturated heterocycles. The number of benzene rings is 2. The zero-order valence-corrected chi connectivity index (χ0v) is 10.8. The molecule has 0 aromatic heterocycles. The highest BCUT2D eigenvalue weighted by molar-refractivity contribution is 5.35. The molecule has 0 aliphatic rings. The summed E-state index contributed by atoms with van der Waals surface area (Å²) in [5.74, 6) is -0.232. The number of halogens is 1. The van der Waals surface area contributed by atoms with Crippen molar-refractivity contribution >= 4 is 0 Å². The van der Waals surface area contributed by atoms with Gasteiger partial charge in [0.1, 0.15) is 5.82 Å². The highest BCUT2D eigenvalue weighted by Crippen LogP contribution is 2.23. The molecule has 0 aliphatic carbocycles. The molecular weight excluding hydrogens is 225 g/mol. The lowest BCUT2D eigenvalue weighted by molar-refractivity contribution is 0.598. The third-order valence-corrected chi connectivity index (χ3v) is 3.21. The van der Waals surface area contributed by atoms with E-state index in [1.54, 1.807) is 6.07 Å². The van der Waals surface area contributed by atoms with E-state index >= 15 is 0 Å². The van der Waals surface area contributed by atoms with Crippen molar-refractivity contribution < 1.29 is 4.39 Å². The Labute approximate surface area is 107 Å². The van der Waals surface area contributed by atoms with Crippen LogP contribution in [0.3, 0.4) is 0 Å². The molecule has 2 N–H and O–H groups in total. The smallest absolute Gasteiger partial charge is 0.128 e. The summed E-state index contributed by atoms with van der Waals surface area (Å²) in [7, 11) is 0. The summed E-state index contributed by atoms with van der Waals surface area (Å²) in [4.78, 5) is 0. The topological polar surface area (TPSA) is 26.0 Å². The van der Waals surface area contributed by atoms with Crippen LogP contribution < -0.4 is 5.73 Å². The minimum Gasteiger partial charge on any atom is -0.320 e. The van der Waals surface area contributed by atoms with Gasteiger partial charge in [-0.05, 0) is 36.1 Å². The van der Waals surface area contributed by atoms with Gasteiger partial charge in [0.15, 0.2) is 0 Å². The maximum atomic E-state index is 13.9. The molecular formula is C16H18FN. The molecule has 2 aromatic carbocycles. The fourth-order valence-electron chi connectivity index (χ4n) is 2.07. The molecule has 0 fully saturated rings. The normalized spacial score (nSPS) is 12.4. The summed E-state index contributed by atoms with van der Waals surface area (Å²) >= 11 is 0. The zero-order chi connectivity index (χ0) is 13.1. The molecule has 2 rings (SSSR count). The number of aryl methyl sites for hydroxylation is 2. The highest BCUT2D eigenvalue weighted by Gasteiger charge is 2.13. The molecule has 0 spiro atoms. The van der Waals surface area contributed by atoms with Gasteiger partial charge in [0.05, 0.1) is 6.04 Å². The van der Waals surface area contributed by atoms with Crippen molar-refractivity contribution in [1.82, 2.24) is 0 Å². The van der Waals surface area contributed by atoms with Crippen molar-refractivity contribution in [3.05, 3.63) is 70.5 Å². The van der Waals surface area contributed by atoms with Crippen LogP contribution in [-0.2, 0) is 6.42 Å². The monoisotopic (exact) mass is 243 g/mol. The second-order valence-electron chi connectivity index (χ2n) is 4.60. The molecule has 1 atom stereocenters. The van der Waals surface area contributed by atoms with E-state index in [2.05, 4.69) is 13.0 Å². The van der Waals surface area contributed by atoms with Gasteiger partial charge < -0.3 is 5.73 Å². The van der Waals surface area contributed by atoms with Crippen LogP contribution in [-0.4, -0.2) is 0 Å². The van der Waals surface area contributed by atoms with Gasteiger partial charge in [0.2, 0.25) is 0 Å². The maximum absolute atomic E-state index is 13.9. The third kappa shape index (κ3) is 2.59. The third-order valence-electron chi connectivity index (χ3n) is 3.21. The summed E-state index contributed by atoms with van der Waals surface area (Å²) in [5, 5.41) is 0. The minimum absolute atomic E-state index is 0.232. The predicted octanol–water partition coefficient (Wildman–Crippen LogP) is 3.74. The SMILES string of the molecule is CCc1cccc(C(N)c2ccc(C)cc2F)c1. The minimum atomic E-state index is -0.405. The van der Waals surface area contributed by atoms with E-state index in [-0.39, 0.29) is 5.82 Å². The molecule has 0 amide bonds. The van der Waals surface area contributed by atoms with Gasteiger partial charge in [-0.1, -0.05) is 43.3 Å². The Kier molecular flexibility index (Phi) is 3.78. The first-order valence-electron chi connectivity index (χ1n) is 6.22. The van der Waals surface area contributed by atoms with Crippen molar-refractivity contribution in [2.24, 2.45) is 5.73 Å². The first-order valence-corrected chi connectivity index (χ1v) is 6.22. The molecule has 1 unspecified atom stereocenters. The summed E-state index contributed by atoms with van der Waals surface area (Å²) < 4.78 is 13.9. The number of hydrogen-bond acceptors (Lipinski definition) is 1. The quantitative estimate of drug-likeness (QED) is 0.873. The van der Waals surface area contributed by atoms with Gasteiger partial charge in [-0.3, -0.25) is 0 Å². The fraction of sp³-hybridized carbons (Fsp3) is 0.250. The summed E-state index contributed by atoms with van der Waals surface area (Å²) in [6.45, 7) is 3.97. The molecule has 0 saturated carbocycles. The van der Waals surface area contributed by atoms with E-state index in [0.717, 1.165) is 17.5 Å². The van der Waals surface area contributed by atoms with Crippen LogP contribution in [0.4, 0.5) is 4.39 Å². The lowest BCUT2D eigenvalue weighted by atomic mass is 9.96. The molecule has 2 heteroatoms. The van der Waals surface area contributed by atoms with Crippen LogP contribution in [0.1, 0.15) is 35.2 Å². The number of rotatable bonds is 3. The van der Waals surface area contributed by atoms with Gasteiger partial charge in [0.25, 0.3) is 0 Å². The van der Waals surface area contributed by atoms with E-state index in [0.29, 0.717) is 5.56 Å². The fourth-order valence-corrected chi connectivity index (χ4v) is 2.07. The Bertz CT molecular complexity index is 549. The molecule has 1 nitrogen and oxygen atoms in total. The molecule has 0 aliphatic heterocycles. The molecule has 0 heterocycles. The van der Waals surface area contributed by atoms with Crippen molar-refractivity contribution in [2.75, 3.05) is 0 Å². The van der Waals surface area contributed by atoms with E-state index in [4.69, 9.17) is 5.73 Å². The largest absolute Gasteiger partial charge is 0.320 e. The van der Waals surface area contributed by atoms with Crippen LogP contribution in [0, 0.1) is 12.7 Å². The van der Waals surface area contributed by atoms with E-state index in [9.17, 15) is 4.39 Å². The Hall–Kier alpha value is -1.67. The molecule has 18 heavy (non-hydrogen) atoms. The van der Waals surface area contributed by atoms with Crippen molar-refractivity contribution in [3.8, 4) is 0 Å². The Morgan fingerprint density at radius 1 is 1.17 bits per heavy atom. The summed E-state index contributed by atoms with van der Waals surface area (Å²) in [5.41, 5.74) is 9.78. The average molecular weight is 243 g/mol. The summed E-state index contributed by atoms with van der Waals surface area (Å²) in [6.07, 6.45) is 0.955. The Balaban J connectivity index is 2.37. The van der Waals surface area contributed by atoms with Crippen molar-refractivity contribution in [1.29, 1.82) is 0 Å². The average Bonchev–Trinajstić information content (AvgIpc) is 2.38. The molecule has 94 valence electrons. The van der Waals surface area contributed by atoms with Crippen LogP contribution in [0.5, 0.6) is 0 Å². The first kappa shape index (κ1) is 12.8. The lowest BCUT2D eigenvalue weighted by Crippen LogP contribution is -2.14. The summed E-state index contributed by atoms with van der Waals surface area (Å²) in [6, 6.07) is 12.8. The van der Waals surface area contributed by atoms with Crippen LogP contribution in [0.2, 0.25) is 0 Å². The number of hydrogen-bond donors (Lipinski definition) is 1. The van der Waals surface area contributed by atoms with E-state index in [1.807, 2.05) is 31.2 Å². The van der Waals surface area contributed by atoms with Gasteiger partial charge >= 0.3 is 0 Å². The Morgan fingerprint density at radius 3 is 2.61 bits per heavy atom. The maximum Gasteiger partial charge on any atom is 0.128 e. The van der Waals surface area contributed by atoms with Gasteiger partial charge in [-0.2, -0.15) is 0 Å². The standard InChI is InChI=1S/C16H18FN/c1-3-12-5-4-6-13(10-12)16(18)14-8-7-11(2)9-15(14)17/h4-10,16H,3,18H2,1-2H3. The van der Waals surface area contributed by atoms with Crippen molar-refractivity contribution in [3.63, 3.8) is 0 Å². The molecule has 0 bridgehead atoms. The Morgan fingerprint density at radius 2 is 1.94 bits per heavy atom. The van der Waals surface area contributed by atoms with Crippen LogP contribution >= 0.6 is 0 Å². The number of nitrogens with two attached hydrogens (primary N) is 1. The van der Waals surface area contributed by atoms with Gasteiger partial charge in [-0.25, -0.2) is 4.39 Å². The first-order chi connectivity index (χ1) is 8.61. The highest BCUT2D eigenvalue weighted by atomic mass is 19.1. The van der Waals surface area contributed by atoms with Gasteiger partial charge in [-0.15, -0.1) is 0 Å². The van der Waals surface area contributed by atoms with E-state index < -0.39 is 6.04 Å². The van der Waals surface area contributed by atoms with E-state index in [1.165, 1.54) is 11.6 Å². The molecule has 2 aromatic rings. The van der Waals surface area contributed by atoms with Crippen LogP contribution in [0.15, 0.2) is 42.5 Å². The molecule has 0 radical (unpaired) electrons. The lowest BCUT2D eigenvalue weighted by Gasteiger charge is -2.15.